The van der Waals surface area contributed by atoms with Crippen LogP contribution in [0.15, 0.2) is 42.5 Å². The molecule has 3 unspecified atom stereocenters. The summed E-state index contributed by atoms with van der Waals surface area (Å²) in [6.07, 6.45) is 8.90. The lowest BCUT2D eigenvalue weighted by atomic mass is 9.65. The van der Waals surface area contributed by atoms with Crippen molar-refractivity contribution in [1.82, 2.24) is 0 Å². The first kappa shape index (κ1) is 31.2. The zero-order chi connectivity index (χ0) is 28.3. The molecule has 3 atom stereocenters. The highest BCUT2D eigenvalue weighted by Gasteiger charge is 2.49. The Balaban J connectivity index is 1.69. The van der Waals surface area contributed by atoms with E-state index in [2.05, 4.69) is 25.1 Å². The number of benzene rings is 2. The number of rotatable bonds is 17. The van der Waals surface area contributed by atoms with Gasteiger partial charge in [0.15, 0.2) is 6.79 Å². The first-order valence-electron chi connectivity index (χ1n) is 13.7. The maximum absolute atomic E-state index is 11.1. The van der Waals surface area contributed by atoms with Gasteiger partial charge in [-0.15, -0.1) is 0 Å². The van der Waals surface area contributed by atoms with Crippen molar-refractivity contribution in [2.24, 2.45) is 0 Å². The second-order valence-electron chi connectivity index (χ2n) is 10.3. The van der Waals surface area contributed by atoms with Crippen molar-refractivity contribution < 1.29 is 36.3 Å². The highest BCUT2D eigenvalue weighted by molar-refractivity contribution is 7.85. The SMILES string of the molecule is COCOc1ccc(C2(C)C(OC)Oc3cc(OC)ccc3C2CCCCCCCCCOS(C)(=O)=O)cc1. The second kappa shape index (κ2) is 14.9. The van der Waals surface area contributed by atoms with Gasteiger partial charge in [-0.2, -0.15) is 8.42 Å². The zero-order valence-electron chi connectivity index (χ0n) is 23.9. The third-order valence-corrected chi connectivity index (χ3v) is 8.11. The molecule has 0 N–H and O–H groups in total. The maximum Gasteiger partial charge on any atom is 0.264 e. The standard InChI is InChI=1S/C30H44O8S/c1-30(23-14-16-24(17-15-23)36-22-33-2)27(13-11-9-7-6-8-10-12-20-37-39(5,31)32)26-19-18-25(34-3)21-28(26)38-29(30)35-4/h14-19,21,27,29H,6-13,20,22H2,1-5H3. The van der Waals surface area contributed by atoms with Gasteiger partial charge in [-0.05, 0) is 49.1 Å². The first-order chi connectivity index (χ1) is 18.7. The molecule has 0 aromatic heterocycles. The Morgan fingerprint density at radius 3 is 2.13 bits per heavy atom. The van der Waals surface area contributed by atoms with Crippen LogP contribution in [0.2, 0.25) is 0 Å². The highest BCUT2D eigenvalue weighted by Crippen LogP contribution is 2.53. The summed E-state index contributed by atoms with van der Waals surface area (Å²) in [6, 6.07) is 14.2. The smallest absolute Gasteiger partial charge is 0.264 e. The minimum Gasteiger partial charge on any atom is -0.497 e. The maximum atomic E-state index is 11.1. The average Bonchev–Trinajstić information content (AvgIpc) is 2.92. The molecule has 39 heavy (non-hydrogen) atoms. The van der Waals surface area contributed by atoms with Gasteiger partial charge >= 0.3 is 0 Å². The molecule has 9 heteroatoms. The van der Waals surface area contributed by atoms with Crippen molar-refractivity contribution in [3.63, 3.8) is 0 Å². The first-order valence-corrected chi connectivity index (χ1v) is 15.5. The van der Waals surface area contributed by atoms with Crippen molar-refractivity contribution in [3.05, 3.63) is 53.6 Å². The largest absolute Gasteiger partial charge is 0.497 e. The Hall–Kier alpha value is -2.33. The summed E-state index contributed by atoms with van der Waals surface area (Å²) >= 11 is 0. The van der Waals surface area contributed by atoms with Crippen LogP contribution in [-0.4, -0.2) is 55.7 Å². The normalized spacial score (nSPS) is 20.7. The Morgan fingerprint density at radius 1 is 0.872 bits per heavy atom. The van der Waals surface area contributed by atoms with Crippen LogP contribution < -0.4 is 14.2 Å². The molecule has 0 amide bonds. The van der Waals surface area contributed by atoms with Crippen molar-refractivity contribution in [2.75, 3.05) is 41.0 Å². The van der Waals surface area contributed by atoms with Gasteiger partial charge in [0.05, 0.1) is 25.4 Å². The molecule has 0 saturated carbocycles. The quantitative estimate of drug-likeness (QED) is 0.128. The van der Waals surface area contributed by atoms with Crippen molar-refractivity contribution >= 4 is 10.1 Å². The van der Waals surface area contributed by atoms with E-state index in [0.29, 0.717) is 0 Å². The summed E-state index contributed by atoms with van der Waals surface area (Å²) in [6.45, 7) is 2.70. The molecule has 0 fully saturated rings. The highest BCUT2D eigenvalue weighted by atomic mass is 32.2. The predicted molar refractivity (Wildman–Crippen MR) is 151 cm³/mol. The lowest BCUT2D eigenvalue weighted by Gasteiger charge is -2.47. The molecule has 218 valence electrons. The van der Waals surface area contributed by atoms with E-state index in [1.165, 1.54) is 0 Å². The molecule has 0 aliphatic carbocycles. The minimum absolute atomic E-state index is 0.177. The molecule has 0 bridgehead atoms. The zero-order valence-corrected chi connectivity index (χ0v) is 24.8. The molecule has 1 aliphatic rings. The molecule has 2 aromatic carbocycles. The van der Waals surface area contributed by atoms with E-state index in [0.717, 1.165) is 86.0 Å². The molecule has 1 heterocycles. The Bertz CT molecular complexity index is 1120. The molecule has 3 rings (SSSR count). The lowest BCUT2D eigenvalue weighted by molar-refractivity contribution is -0.123. The van der Waals surface area contributed by atoms with Crippen LogP contribution in [-0.2, 0) is 29.2 Å². The van der Waals surface area contributed by atoms with Crippen LogP contribution in [0.1, 0.15) is 75.3 Å². The number of unbranched alkanes of at least 4 members (excludes halogenated alkanes) is 6. The van der Waals surface area contributed by atoms with Gasteiger partial charge in [0, 0.05) is 26.2 Å². The summed E-state index contributed by atoms with van der Waals surface area (Å²) in [5.41, 5.74) is 1.87. The average molecular weight is 565 g/mol. The van der Waals surface area contributed by atoms with Crippen molar-refractivity contribution in [2.45, 2.75) is 75.9 Å². The molecule has 0 saturated heterocycles. The molecule has 8 nitrogen and oxygen atoms in total. The molecular formula is C30H44O8S. The summed E-state index contributed by atoms with van der Waals surface area (Å²) in [7, 11) is 1.62. The van der Waals surface area contributed by atoms with Crippen molar-refractivity contribution in [3.8, 4) is 17.2 Å². The Kier molecular flexibility index (Phi) is 11.9. The molecule has 2 aromatic rings. The summed E-state index contributed by atoms with van der Waals surface area (Å²) in [4.78, 5) is 0. The lowest BCUT2D eigenvalue weighted by Crippen LogP contribution is -2.49. The van der Waals surface area contributed by atoms with E-state index >= 15 is 0 Å². The van der Waals surface area contributed by atoms with Crippen molar-refractivity contribution in [1.29, 1.82) is 0 Å². The fourth-order valence-corrected chi connectivity index (χ4v) is 5.84. The minimum atomic E-state index is -3.34. The number of hydrogen-bond donors (Lipinski definition) is 0. The van der Waals surface area contributed by atoms with Gasteiger partial charge in [-0.25, -0.2) is 0 Å². The van der Waals surface area contributed by atoms with Crippen LogP contribution in [0.25, 0.3) is 0 Å². The van der Waals surface area contributed by atoms with E-state index in [-0.39, 0.29) is 19.3 Å². The van der Waals surface area contributed by atoms with E-state index < -0.39 is 21.8 Å². The number of ether oxygens (including phenoxy) is 5. The van der Waals surface area contributed by atoms with E-state index in [4.69, 9.17) is 27.9 Å². The van der Waals surface area contributed by atoms with Gasteiger partial charge in [0.2, 0.25) is 6.29 Å². The van der Waals surface area contributed by atoms with Gasteiger partial charge in [-0.3, -0.25) is 4.18 Å². The third kappa shape index (κ3) is 8.58. The molecule has 0 spiro atoms. The van der Waals surface area contributed by atoms with Crippen LogP contribution in [0.5, 0.6) is 17.2 Å². The number of methoxy groups -OCH3 is 3. The summed E-state index contributed by atoms with van der Waals surface area (Å²) in [5, 5.41) is 0. The topological polar surface area (TPSA) is 89.5 Å². The summed E-state index contributed by atoms with van der Waals surface area (Å²) in [5.74, 6) is 2.49. The van der Waals surface area contributed by atoms with Crippen LogP contribution in [0.3, 0.4) is 0 Å². The Labute approximate surface area is 234 Å². The fraction of sp³-hybridized carbons (Fsp3) is 0.600. The third-order valence-electron chi connectivity index (χ3n) is 7.51. The number of hydrogen-bond acceptors (Lipinski definition) is 8. The van der Waals surface area contributed by atoms with E-state index in [9.17, 15) is 8.42 Å². The monoisotopic (exact) mass is 564 g/mol. The second-order valence-corrected chi connectivity index (χ2v) is 11.9. The molecule has 0 radical (unpaired) electrons. The van der Waals surface area contributed by atoms with Gasteiger partial charge < -0.3 is 23.7 Å². The predicted octanol–water partition coefficient (Wildman–Crippen LogP) is 6.18. The van der Waals surface area contributed by atoms with Crippen LogP contribution >= 0.6 is 0 Å². The fourth-order valence-electron chi connectivity index (χ4n) is 5.42. The summed E-state index contributed by atoms with van der Waals surface area (Å²) < 4.78 is 55.4. The van der Waals surface area contributed by atoms with E-state index in [1.54, 1.807) is 21.3 Å². The Morgan fingerprint density at radius 2 is 1.51 bits per heavy atom. The molecule has 1 aliphatic heterocycles. The van der Waals surface area contributed by atoms with Crippen LogP contribution in [0, 0.1) is 0 Å². The van der Waals surface area contributed by atoms with Gasteiger partial charge in [0.1, 0.15) is 17.2 Å². The number of fused-ring (bicyclic) bond motifs is 1. The van der Waals surface area contributed by atoms with E-state index in [1.807, 2.05) is 24.3 Å². The van der Waals surface area contributed by atoms with Crippen LogP contribution in [0.4, 0.5) is 0 Å². The molecular weight excluding hydrogens is 520 g/mol. The van der Waals surface area contributed by atoms with Gasteiger partial charge in [-0.1, -0.05) is 56.7 Å². The van der Waals surface area contributed by atoms with Gasteiger partial charge in [0.25, 0.3) is 10.1 Å².